The minimum atomic E-state index is 0.531. The maximum absolute atomic E-state index is 5.40. The molecule has 3 rings (SSSR count). The zero-order chi connectivity index (χ0) is 13.1. The molecule has 0 radical (unpaired) electrons. The van der Waals surface area contributed by atoms with Gasteiger partial charge in [0.15, 0.2) is 5.11 Å². The van der Waals surface area contributed by atoms with Crippen LogP contribution < -0.4 is 10.6 Å². The minimum absolute atomic E-state index is 0.531. The van der Waals surface area contributed by atoms with Crippen molar-refractivity contribution in [1.29, 1.82) is 0 Å². The molecule has 0 amide bonds. The molecule has 3 nitrogen and oxygen atoms in total. The van der Waals surface area contributed by atoms with Crippen molar-refractivity contribution in [2.24, 2.45) is 0 Å². The summed E-state index contributed by atoms with van der Waals surface area (Å²) in [6.45, 7) is 2.51. The predicted octanol–water partition coefficient (Wildman–Crippen LogP) is 2.60. The van der Waals surface area contributed by atoms with Crippen molar-refractivity contribution < 1.29 is 0 Å². The fourth-order valence-electron chi connectivity index (χ4n) is 3.23. The van der Waals surface area contributed by atoms with Gasteiger partial charge in [0, 0.05) is 24.3 Å². The number of piperidine rings is 1. The highest BCUT2D eigenvalue weighted by Gasteiger charge is 2.31. The molecule has 1 aromatic carbocycles. The van der Waals surface area contributed by atoms with Crippen molar-refractivity contribution in [2.75, 3.05) is 18.4 Å². The molecule has 0 saturated carbocycles. The van der Waals surface area contributed by atoms with Gasteiger partial charge in [-0.05, 0) is 56.6 Å². The molecule has 2 N–H and O–H groups in total. The lowest BCUT2D eigenvalue weighted by atomic mass is 9.98. The highest BCUT2D eigenvalue weighted by Crippen LogP contribution is 2.26. The molecule has 102 valence electrons. The molecule has 0 spiro atoms. The maximum Gasteiger partial charge on any atom is 0.170 e. The van der Waals surface area contributed by atoms with E-state index >= 15 is 0 Å². The van der Waals surface area contributed by atoms with Crippen LogP contribution in [0.2, 0.25) is 0 Å². The van der Waals surface area contributed by atoms with Crippen LogP contribution in [0.15, 0.2) is 30.3 Å². The van der Waals surface area contributed by atoms with Crippen LogP contribution in [0.4, 0.5) is 5.69 Å². The van der Waals surface area contributed by atoms with Gasteiger partial charge >= 0.3 is 0 Å². The van der Waals surface area contributed by atoms with Crippen molar-refractivity contribution >= 4 is 23.0 Å². The number of thiocarbonyl (C=S) groups is 1. The number of hydrogen-bond donors (Lipinski definition) is 2. The fourth-order valence-corrected chi connectivity index (χ4v) is 3.51. The number of nitrogens with zero attached hydrogens (tertiary/aromatic N) is 1. The van der Waals surface area contributed by atoms with Gasteiger partial charge in [-0.25, -0.2) is 0 Å². The van der Waals surface area contributed by atoms with Crippen LogP contribution in [0.25, 0.3) is 0 Å². The van der Waals surface area contributed by atoms with Crippen LogP contribution in [-0.4, -0.2) is 35.2 Å². The van der Waals surface area contributed by atoms with Crippen LogP contribution in [0, 0.1) is 0 Å². The van der Waals surface area contributed by atoms with Gasteiger partial charge in [0.2, 0.25) is 0 Å². The van der Waals surface area contributed by atoms with Crippen LogP contribution in [0.1, 0.15) is 25.7 Å². The van der Waals surface area contributed by atoms with Gasteiger partial charge in [-0.15, -0.1) is 0 Å². The van der Waals surface area contributed by atoms with Gasteiger partial charge in [0.1, 0.15) is 0 Å². The highest BCUT2D eigenvalue weighted by atomic mass is 32.1. The molecule has 0 aliphatic carbocycles. The van der Waals surface area contributed by atoms with E-state index in [2.05, 4.69) is 15.5 Å². The molecule has 2 atom stereocenters. The van der Waals surface area contributed by atoms with E-state index < -0.39 is 0 Å². The summed E-state index contributed by atoms with van der Waals surface area (Å²) in [4.78, 5) is 2.63. The molecule has 0 aromatic heterocycles. The molecule has 1 aromatic rings. The van der Waals surface area contributed by atoms with E-state index in [4.69, 9.17) is 12.2 Å². The Morgan fingerprint density at radius 3 is 2.84 bits per heavy atom. The Bertz CT molecular complexity index is 434. The first-order chi connectivity index (χ1) is 9.31. The van der Waals surface area contributed by atoms with Gasteiger partial charge in [-0.2, -0.15) is 0 Å². The van der Waals surface area contributed by atoms with Gasteiger partial charge in [0.25, 0.3) is 0 Å². The molecule has 2 saturated heterocycles. The summed E-state index contributed by atoms with van der Waals surface area (Å²) < 4.78 is 0. The van der Waals surface area contributed by atoms with Crippen molar-refractivity contribution in [1.82, 2.24) is 10.2 Å². The largest absolute Gasteiger partial charge is 0.360 e. The molecule has 4 heteroatoms. The molecule has 2 aliphatic heterocycles. The lowest BCUT2D eigenvalue weighted by Gasteiger charge is -2.35. The highest BCUT2D eigenvalue weighted by molar-refractivity contribution is 7.80. The van der Waals surface area contributed by atoms with Crippen molar-refractivity contribution in [3.63, 3.8) is 0 Å². The topological polar surface area (TPSA) is 27.3 Å². The fraction of sp³-hybridized carbons (Fsp3) is 0.533. The number of nitrogens with one attached hydrogen (secondary N) is 2. The summed E-state index contributed by atoms with van der Waals surface area (Å²) in [6, 6.07) is 11.4. The quantitative estimate of drug-likeness (QED) is 0.811. The second-order valence-electron chi connectivity index (χ2n) is 5.52. The number of hydrogen-bond acceptors (Lipinski definition) is 2. The molecule has 2 heterocycles. The van der Waals surface area contributed by atoms with Gasteiger partial charge < -0.3 is 15.5 Å². The Morgan fingerprint density at radius 1 is 1.16 bits per heavy atom. The molecule has 0 bridgehead atoms. The maximum atomic E-state index is 5.40. The Hall–Kier alpha value is -1.13. The van der Waals surface area contributed by atoms with E-state index in [0.29, 0.717) is 6.04 Å². The van der Waals surface area contributed by atoms with E-state index in [1.807, 2.05) is 30.3 Å². The Labute approximate surface area is 120 Å². The first-order valence-corrected chi connectivity index (χ1v) is 7.59. The van der Waals surface area contributed by atoms with Crippen LogP contribution >= 0.6 is 12.2 Å². The lowest BCUT2D eigenvalue weighted by molar-refractivity contribution is 0.175. The standard InChI is InChI=1S/C15H21N3S/c19-15(16-12-5-2-1-3-6-12)17-13-8-10-18-9-4-7-14(18)11-13/h1-3,5-6,13-14H,4,7-11H2,(H2,16,17,19). The predicted molar refractivity (Wildman–Crippen MR) is 83.4 cm³/mol. The van der Waals surface area contributed by atoms with Gasteiger partial charge in [-0.1, -0.05) is 18.2 Å². The van der Waals surface area contributed by atoms with E-state index in [1.165, 1.54) is 38.8 Å². The van der Waals surface area contributed by atoms with Crippen molar-refractivity contribution in [3.8, 4) is 0 Å². The zero-order valence-electron chi connectivity index (χ0n) is 11.1. The second-order valence-corrected chi connectivity index (χ2v) is 5.93. The molecule has 2 unspecified atom stereocenters. The average molecular weight is 275 g/mol. The summed E-state index contributed by atoms with van der Waals surface area (Å²) in [5.74, 6) is 0. The Balaban J connectivity index is 1.50. The number of anilines is 1. The summed E-state index contributed by atoms with van der Waals surface area (Å²) in [7, 11) is 0. The van der Waals surface area contributed by atoms with Gasteiger partial charge in [-0.3, -0.25) is 0 Å². The van der Waals surface area contributed by atoms with Crippen molar-refractivity contribution in [3.05, 3.63) is 30.3 Å². The molecule has 19 heavy (non-hydrogen) atoms. The zero-order valence-corrected chi connectivity index (χ0v) is 12.0. The number of benzene rings is 1. The normalized spacial score (nSPS) is 26.7. The molecular formula is C15H21N3S. The molecule has 2 aliphatic rings. The monoisotopic (exact) mass is 275 g/mol. The van der Waals surface area contributed by atoms with E-state index in [-0.39, 0.29) is 0 Å². The molecule has 2 fully saturated rings. The Morgan fingerprint density at radius 2 is 2.00 bits per heavy atom. The van der Waals surface area contributed by atoms with Gasteiger partial charge in [0.05, 0.1) is 0 Å². The summed E-state index contributed by atoms with van der Waals surface area (Å²) in [6.07, 6.45) is 5.16. The summed E-state index contributed by atoms with van der Waals surface area (Å²) >= 11 is 5.40. The first-order valence-electron chi connectivity index (χ1n) is 7.18. The lowest BCUT2D eigenvalue weighted by Crippen LogP contribution is -2.48. The number of fused-ring (bicyclic) bond motifs is 1. The first kappa shape index (κ1) is 12.9. The third-order valence-corrected chi connectivity index (χ3v) is 4.41. The minimum Gasteiger partial charge on any atom is -0.360 e. The second kappa shape index (κ2) is 5.88. The number of rotatable bonds is 2. The van der Waals surface area contributed by atoms with Crippen LogP contribution in [-0.2, 0) is 0 Å². The van der Waals surface area contributed by atoms with Crippen molar-refractivity contribution in [2.45, 2.75) is 37.8 Å². The average Bonchev–Trinajstić information content (AvgIpc) is 2.87. The van der Waals surface area contributed by atoms with E-state index in [1.54, 1.807) is 0 Å². The van der Waals surface area contributed by atoms with E-state index in [9.17, 15) is 0 Å². The van der Waals surface area contributed by atoms with Crippen LogP contribution in [0.5, 0.6) is 0 Å². The molecular weight excluding hydrogens is 254 g/mol. The smallest absolute Gasteiger partial charge is 0.170 e. The van der Waals surface area contributed by atoms with E-state index in [0.717, 1.165) is 16.8 Å². The SMILES string of the molecule is S=C(Nc1ccccc1)NC1CCN2CCCC2C1. The van der Waals surface area contributed by atoms with Crippen LogP contribution in [0.3, 0.4) is 0 Å². The summed E-state index contributed by atoms with van der Waals surface area (Å²) in [5.41, 5.74) is 1.05. The Kier molecular flexibility index (Phi) is 3.99. The summed E-state index contributed by atoms with van der Waals surface area (Å²) in [5, 5.41) is 7.48. The third kappa shape index (κ3) is 3.25. The number of para-hydroxylation sites is 1. The third-order valence-electron chi connectivity index (χ3n) is 4.19.